The molecule has 4 aliphatic rings. The lowest BCUT2D eigenvalue weighted by molar-refractivity contribution is -0.134. The van der Waals surface area contributed by atoms with Crippen LogP contribution in [0.3, 0.4) is 0 Å². The Morgan fingerprint density at radius 1 is 0.964 bits per heavy atom. The van der Waals surface area contributed by atoms with E-state index < -0.39 is 11.9 Å². The molecule has 0 aliphatic heterocycles. The van der Waals surface area contributed by atoms with Gasteiger partial charge in [0.2, 0.25) is 0 Å². The van der Waals surface area contributed by atoms with Crippen LogP contribution in [0, 0.1) is 17.8 Å². The maximum absolute atomic E-state index is 13.0. The molecule has 4 aliphatic carbocycles. The molecule has 7 heteroatoms. The van der Waals surface area contributed by atoms with Crippen LogP contribution < -0.4 is 14.8 Å². The number of hydrogen-bond acceptors (Lipinski definition) is 5. The minimum absolute atomic E-state index is 0.0362. The first-order valence-corrected chi connectivity index (χ1v) is 10.1. The Morgan fingerprint density at radius 3 is 2.00 bits per heavy atom. The fourth-order valence-corrected chi connectivity index (χ4v) is 6.00. The Labute approximate surface area is 168 Å². The van der Waals surface area contributed by atoms with Crippen LogP contribution >= 0.6 is 11.6 Å². The molecule has 4 saturated carbocycles. The summed E-state index contributed by atoms with van der Waals surface area (Å²) in [5.74, 6) is 0.589. The molecule has 0 heterocycles. The number of rotatable bonds is 4. The lowest BCUT2D eigenvalue weighted by Crippen LogP contribution is -2.59. The molecule has 0 aromatic heterocycles. The summed E-state index contributed by atoms with van der Waals surface area (Å²) >= 11 is 6.23. The van der Waals surface area contributed by atoms with E-state index in [1.54, 1.807) is 0 Å². The number of benzene rings is 1. The summed E-state index contributed by atoms with van der Waals surface area (Å²) in [5.41, 5.74) is 0.141. The van der Waals surface area contributed by atoms with E-state index in [1.165, 1.54) is 45.2 Å². The van der Waals surface area contributed by atoms with Gasteiger partial charge in [0.05, 0.1) is 5.02 Å². The second kappa shape index (κ2) is 7.07. The van der Waals surface area contributed by atoms with Crippen molar-refractivity contribution >= 4 is 29.4 Å². The van der Waals surface area contributed by atoms with Gasteiger partial charge >= 0.3 is 11.9 Å². The number of ether oxygens (including phenoxy) is 2. The largest absolute Gasteiger partial charge is 0.423 e. The molecular formula is C21H24ClNO5. The summed E-state index contributed by atoms with van der Waals surface area (Å²) < 4.78 is 10.2. The van der Waals surface area contributed by atoms with Gasteiger partial charge in [0.1, 0.15) is 0 Å². The van der Waals surface area contributed by atoms with E-state index in [0.29, 0.717) is 17.8 Å². The lowest BCUT2D eigenvalue weighted by atomic mass is 9.53. The molecule has 1 aromatic carbocycles. The van der Waals surface area contributed by atoms with Gasteiger partial charge in [-0.1, -0.05) is 11.6 Å². The van der Waals surface area contributed by atoms with Gasteiger partial charge in [0, 0.05) is 24.9 Å². The van der Waals surface area contributed by atoms with Crippen LogP contribution in [-0.4, -0.2) is 23.4 Å². The van der Waals surface area contributed by atoms with Gasteiger partial charge in [-0.05, 0) is 68.4 Å². The highest BCUT2D eigenvalue weighted by molar-refractivity contribution is 6.33. The molecule has 5 rings (SSSR count). The Morgan fingerprint density at radius 2 is 1.50 bits per heavy atom. The highest BCUT2D eigenvalue weighted by Gasteiger charge is 2.51. The van der Waals surface area contributed by atoms with Crippen molar-refractivity contribution in [3.8, 4) is 11.5 Å². The van der Waals surface area contributed by atoms with Crippen LogP contribution in [0.15, 0.2) is 12.1 Å². The smallest absolute Gasteiger partial charge is 0.308 e. The fraction of sp³-hybridized carbons (Fsp3) is 0.571. The first-order valence-electron chi connectivity index (χ1n) is 9.76. The number of halogens is 1. The predicted molar refractivity (Wildman–Crippen MR) is 102 cm³/mol. The van der Waals surface area contributed by atoms with Crippen molar-refractivity contribution in [2.75, 3.05) is 0 Å². The number of esters is 2. The number of nitrogens with one attached hydrogen (secondary N) is 1. The molecule has 4 fully saturated rings. The zero-order valence-electron chi connectivity index (χ0n) is 16.0. The first-order chi connectivity index (χ1) is 13.2. The third kappa shape index (κ3) is 3.75. The molecular weight excluding hydrogens is 382 g/mol. The summed E-state index contributed by atoms with van der Waals surface area (Å²) in [6, 6.07) is 2.85. The van der Waals surface area contributed by atoms with Gasteiger partial charge in [0.25, 0.3) is 5.91 Å². The third-order valence-electron chi connectivity index (χ3n) is 6.19. The maximum atomic E-state index is 13.0. The molecule has 0 unspecified atom stereocenters. The second-order valence-corrected chi connectivity index (χ2v) is 9.03. The van der Waals surface area contributed by atoms with Crippen molar-refractivity contribution in [1.82, 2.24) is 5.32 Å². The molecule has 4 bridgehead atoms. The highest BCUT2D eigenvalue weighted by atomic mass is 35.5. The molecule has 0 atom stereocenters. The molecule has 28 heavy (non-hydrogen) atoms. The Hall–Kier alpha value is -2.08. The van der Waals surface area contributed by atoms with Crippen LogP contribution in [0.2, 0.25) is 5.02 Å². The number of carbonyl (C=O) groups is 3. The van der Waals surface area contributed by atoms with Crippen molar-refractivity contribution < 1.29 is 23.9 Å². The predicted octanol–water partition coefficient (Wildman–Crippen LogP) is 3.89. The van der Waals surface area contributed by atoms with Crippen LogP contribution in [0.5, 0.6) is 11.5 Å². The average Bonchev–Trinajstić information content (AvgIpc) is 2.55. The van der Waals surface area contributed by atoms with Crippen LogP contribution in [-0.2, 0) is 9.59 Å². The fourth-order valence-electron chi connectivity index (χ4n) is 5.75. The van der Waals surface area contributed by atoms with E-state index in [2.05, 4.69) is 5.32 Å². The molecule has 1 amide bonds. The van der Waals surface area contributed by atoms with Crippen molar-refractivity contribution in [2.45, 2.75) is 57.9 Å². The molecule has 0 saturated heterocycles. The average molecular weight is 406 g/mol. The summed E-state index contributed by atoms with van der Waals surface area (Å²) in [4.78, 5) is 35.8. The minimum atomic E-state index is -0.596. The summed E-state index contributed by atoms with van der Waals surface area (Å²) in [6.45, 7) is 2.45. The van der Waals surface area contributed by atoms with Crippen molar-refractivity contribution in [3.05, 3.63) is 22.7 Å². The molecule has 6 nitrogen and oxygen atoms in total. The summed E-state index contributed by atoms with van der Waals surface area (Å²) in [6.07, 6.45) is 6.94. The van der Waals surface area contributed by atoms with E-state index in [1.807, 2.05) is 0 Å². The van der Waals surface area contributed by atoms with Gasteiger partial charge in [-0.15, -0.1) is 0 Å². The van der Waals surface area contributed by atoms with E-state index in [4.69, 9.17) is 21.1 Å². The molecule has 1 N–H and O–H groups in total. The molecule has 0 radical (unpaired) electrons. The summed E-state index contributed by atoms with van der Waals surface area (Å²) in [7, 11) is 0. The van der Waals surface area contributed by atoms with Crippen molar-refractivity contribution in [3.63, 3.8) is 0 Å². The van der Waals surface area contributed by atoms with E-state index in [9.17, 15) is 14.4 Å². The first kappa shape index (κ1) is 19.2. The van der Waals surface area contributed by atoms with E-state index in [0.717, 1.165) is 19.3 Å². The second-order valence-electron chi connectivity index (χ2n) is 8.62. The maximum Gasteiger partial charge on any atom is 0.308 e. The normalized spacial score (nSPS) is 30.0. The lowest BCUT2D eigenvalue weighted by Gasteiger charge is -2.56. The quantitative estimate of drug-likeness (QED) is 0.607. The Kier molecular flexibility index (Phi) is 4.86. The number of hydrogen-bond donors (Lipinski definition) is 1. The Bertz CT molecular complexity index is 814. The highest BCUT2D eigenvalue weighted by Crippen LogP contribution is 2.55. The number of amides is 1. The van der Waals surface area contributed by atoms with Crippen molar-refractivity contribution in [1.29, 1.82) is 0 Å². The van der Waals surface area contributed by atoms with Crippen molar-refractivity contribution in [2.24, 2.45) is 17.8 Å². The van der Waals surface area contributed by atoms with Gasteiger partial charge < -0.3 is 14.8 Å². The molecule has 1 aromatic rings. The van der Waals surface area contributed by atoms with Crippen LogP contribution in [0.1, 0.15) is 62.7 Å². The standard InChI is InChI=1S/C21H24ClNO5/c1-11(24)27-18-7-16(6-17(22)19(18)28-12(2)25)20(26)23-21-8-13-3-14(9-21)5-15(4-13)10-21/h6-7,13-15H,3-5,8-10H2,1-2H3,(H,23,26). The van der Waals surface area contributed by atoms with E-state index >= 15 is 0 Å². The topological polar surface area (TPSA) is 81.7 Å². The van der Waals surface area contributed by atoms with Gasteiger partial charge in [-0.3, -0.25) is 14.4 Å². The number of carbonyl (C=O) groups excluding carboxylic acids is 3. The SMILES string of the molecule is CC(=O)Oc1cc(C(=O)NC23CC4CC(CC(C4)C2)C3)cc(Cl)c1OC(C)=O. The summed E-state index contributed by atoms with van der Waals surface area (Å²) in [5, 5.41) is 3.31. The van der Waals surface area contributed by atoms with Crippen LogP contribution in [0.25, 0.3) is 0 Å². The van der Waals surface area contributed by atoms with Crippen LogP contribution in [0.4, 0.5) is 0 Å². The minimum Gasteiger partial charge on any atom is -0.423 e. The van der Waals surface area contributed by atoms with Gasteiger partial charge in [-0.2, -0.15) is 0 Å². The van der Waals surface area contributed by atoms with E-state index in [-0.39, 0.29) is 33.5 Å². The molecule has 0 spiro atoms. The third-order valence-corrected chi connectivity index (χ3v) is 6.47. The van der Waals surface area contributed by atoms with Gasteiger partial charge in [-0.25, -0.2) is 0 Å². The molecule has 150 valence electrons. The van der Waals surface area contributed by atoms with Gasteiger partial charge in [0.15, 0.2) is 11.5 Å². The monoisotopic (exact) mass is 405 g/mol. The zero-order valence-corrected chi connectivity index (χ0v) is 16.8. The zero-order chi connectivity index (χ0) is 20.1. The Balaban J connectivity index is 1.59.